The third-order valence-corrected chi connectivity index (χ3v) is 4.77. The highest BCUT2D eigenvalue weighted by molar-refractivity contribution is 5.78. The zero-order chi connectivity index (χ0) is 18.4. The average Bonchev–Trinajstić information content (AvgIpc) is 2.65. The minimum atomic E-state index is -0.106. The molecule has 26 heavy (non-hydrogen) atoms. The number of benzene rings is 1. The minimum Gasteiger partial charge on any atom is -0.385 e. The van der Waals surface area contributed by atoms with Crippen molar-refractivity contribution in [2.24, 2.45) is 0 Å². The largest absolute Gasteiger partial charge is 0.385 e. The molecule has 138 valence electrons. The van der Waals surface area contributed by atoms with Gasteiger partial charge in [-0.3, -0.25) is 9.59 Å². The van der Waals surface area contributed by atoms with E-state index >= 15 is 0 Å². The van der Waals surface area contributed by atoms with Crippen LogP contribution in [0, 0.1) is 6.92 Å². The van der Waals surface area contributed by atoms with E-state index in [2.05, 4.69) is 52.0 Å². The summed E-state index contributed by atoms with van der Waals surface area (Å²) in [6, 6.07) is 8.25. The fraction of sp³-hybridized carbons (Fsp3) is 0.450. The van der Waals surface area contributed by atoms with Crippen LogP contribution in [0.4, 0.5) is 5.69 Å². The van der Waals surface area contributed by atoms with Gasteiger partial charge in [-0.15, -0.1) is 0 Å². The van der Waals surface area contributed by atoms with Crippen LogP contribution in [-0.4, -0.2) is 29.2 Å². The Bertz CT molecular complexity index is 812. The van der Waals surface area contributed by atoms with Crippen molar-refractivity contribution in [3.05, 3.63) is 57.0 Å². The minimum absolute atomic E-state index is 0.0485. The van der Waals surface area contributed by atoms with E-state index in [1.807, 2.05) is 0 Å². The number of rotatable bonds is 7. The third-order valence-electron chi connectivity index (χ3n) is 4.77. The third kappa shape index (κ3) is 4.71. The number of carbonyl (C=O) groups excluding carboxylic acids is 1. The highest BCUT2D eigenvalue weighted by Crippen LogP contribution is 2.20. The van der Waals surface area contributed by atoms with Crippen LogP contribution >= 0.6 is 0 Å². The van der Waals surface area contributed by atoms with E-state index < -0.39 is 0 Å². The zero-order valence-corrected chi connectivity index (χ0v) is 15.2. The molecule has 1 aliphatic carbocycles. The van der Waals surface area contributed by atoms with E-state index in [4.69, 9.17) is 0 Å². The van der Waals surface area contributed by atoms with Gasteiger partial charge in [0, 0.05) is 24.3 Å². The first-order chi connectivity index (χ1) is 12.6. The first-order valence-corrected chi connectivity index (χ1v) is 9.30. The quantitative estimate of drug-likeness (QED) is 0.665. The van der Waals surface area contributed by atoms with E-state index in [1.165, 1.54) is 5.56 Å². The summed E-state index contributed by atoms with van der Waals surface area (Å²) in [7, 11) is 0. The van der Waals surface area contributed by atoms with Gasteiger partial charge in [0.2, 0.25) is 5.91 Å². The van der Waals surface area contributed by atoms with Crippen molar-refractivity contribution in [2.75, 3.05) is 18.4 Å². The Morgan fingerprint density at radius 1 is 1.12 bits per heavy atom. The van der Waals surface area contributed by atoms with Crippen LogP contribution < -0.4 is 16.2 Å². The second-order valence-corrected chi connectivity index (χ2v) is 6.84. The van der Waals surface area contributed by atoms with E-state index in [0.717, 1.165) is 61.2 Å². The monoisotopic (exact) mass is 354 g/mol. The van der Waals surface area contributed by atoms with Crippen molar-refractivity contribution in [2.45, 2.75) is 45.4 Å². The van der Waals surface area contributed by atoms with Gasteiger partial charge in [-0.1, -0.05) is 17.7 Å². The second kappa shape index (κ2) is 8.65. The van der Waals surface area contributed by atoms with Crippen LogP contribution in [0.2, 0.25) is 0 Å². The van der Waals surface area contributed by atoms with Gasteiger partial charge in [0.15, 0.2) is 0 Å². The maximum Gasteiger partial charge on any atom is 0.267 e. The van der Waals surface area contributed by atoms with E-state index in [0.29, 0.717) is 6.54 Å². The highest BCUT2D eigenvalue weighted by Gasteiger charge is 2.19. The fourth-order valence-corrected chi connectivity index (χ4v) is 3.31. The molecule has 0 atom stereocenters. The molecule has 0 saturated carbocycles. The van der Waals surface area contributed by atoms with Crippen LogP contribution in [0.25, 0.3) is 0 Å². The number of anilines is 1. The molecule has 0 fully saturated rings. The van der Waals surface area contributed by atoms with Crippen molar-refractivity contribution >= 4 is 11.6 Å². The van der Waals surface area contributed by atoms with Gasteiger partial charge >= 0.3 is 0 Å². The normalized spacial score (nSPS) is 13.1. The summed E-state index contributed by atoms with van der Waals surface area (Å²) in [6.45, 7) is 3.48. The molecule has 6 heteroatoms. The molecular weight excluding hydrogens is 328 g/mol. The highest BCUT2D eigenvalue weighted by atomic mass is 16.1. The molecule has 6 nitrogen and oxygen atoms in total. The topological polar surface area (TPSA) is 86.9 Å². The Morgan fingerprint density at radius 2 is 1.85 bits per heavy atom. The molecule has 3 rings (SSSR count). The Hall–Kier alpha value is -2.63. The average molecular weight is 354 g/mol. The SMILES string of the molecule is Cc1ccc(NCCCNC(=O)Cc2n[nH]c(=O)c3c2CCCC3)cc1. The van der Waals surface area contributed by atoms with Gasteiger partial charge in [-0.25, -0.2) is 5.10 Å². The predicted octanol–water partition coefficient (Wildman–Crippen LogP) is 2.12. The summed E-state index contributed by atoms with van der Waals surface area (Å²) in [6.07, 6.45) is 4.78. The van der Waals surface area contributed by atoms with Gasteiger partial charge in [0.25, 0.3) is 5.56 Å². The standard InChI is InChI=1S/C20H26N4O2/c1-14-7-9-15(10-8-14)21-11-4-12-22-19(25)13-18-16-5-2-3-6-17(16)20(26)24-23-18/h7-10,21H,2-6,11-13H2,1H3,(H,22,25)(H,24,26). The second-order valence-electron chi connectivity index (χ2n) is 6.84. The Balaban J connectivity index is 1.43. The zero-order valence-electron chi connectivity index (χ0n) is 15.2. The van der Waals surface area contributed by atoms with Gasteiger partial charge in [-0.2, -0.15) is 5.10 Å². The summed E-state index contributed by atoms with van der Waals surface area (Å²) in [4.78, 5) is 24.0. The number of aromatic amines is 1. The number of nitrogens with one attached hydrogen (secondary N) is 3. The number of carbonyl (C=O) groups is 1. The predicted molar refractivity (Wildman–Crippen MR) is 102 cm³/mol. The fourth-order valence-electron chi connectivity index (χ4n) is 3.31. The van der Waals surface area contributed by atoms with Gasteiger partial charge in [0.05, 0.1) is 12.1 Å². The van der Waals surface area contributed by atoms with Crippen molar-refractivity contribution in [1.29, 1.82) is 0 Å². The van der Waals surface area contributed by atoms with Gasteiger partial charge in [0.1, 0.15) is 0 Å². The number of amides is 1. The maximum atomic E-state index is 12.2. The molecule has 1 aromatic carbocycles. The van der Waals surface area contributed by atoms with E-state index in [-0.39, 0.29) is 17.9 Å². The van der Waals surface area contributed by atoms with Crippen molar-refractivity contribution in [3.8, 4) is 0 Å². The first kappa shape index (κ1) is 18.2. The first-order valence-electron chi connectivity index (χ1n) is 9.30. The molecule has 1 heterocycles. The summed E-state index contributed by atoms with van der Waals surface area (Å²) in [5.74, 6) is -0.0485. The van der Waals surface area contributed by atoms with Crippen molar-refractivity contribution < 1.29 is 4.79 Å². The smallest absolute Gasteiger partial charge is 0.267 e. The van der Waals surface area contributed by atoms with Crippen LogP contribution in [0.5, 0.6) is 0 Å². The summed E-state index contributed by atoms with van der Waals surface area (Å²) >= 11 is 0. The molecule has 1 aromatic heterocycles. The summed E-state index contributed by atoms with van der Waals surface area (Å²) in [5.41, 5.74) is 4.74. The molecule has 0 bridgehead atoms. The lowest BCUT2D eigenvalue weighted by Crippen LogP contribution is -2.30. The lowest BCUT2D eigenvalue weighted by molar-refractivity contribution is -0.120. The molecule has 0 spiro atoms. The molecule has 1 aliphatic rings. The lowest BCUT2D eigenvalue weighted by Gasteiger charge is -2.17. The van der Waals surface area contributed by atoms with Crippen LogP contribution in [0.3, 0.4) is 0 Å². The lowest BCUT2D eigenvalue weighted by atomic mass is 9.91. The molecule has 2 aromatic rings. The number of fused-ring (bicyclic) bond motifs is 1. The number of H-pyrrole nitrogens is 1. The molecule has 3 N–H and O–H groups in total. The molecule has 0 radical (unpaired) electrons. The van der Waals surface area contributed by atoms with Crippen LogP contribution in [0.1, 0.15) is 41.6 Å². The van der Waals surface area contributed by atoms with Gasteiger partial charge in [-0.05, 0) is 56.7 Å². The van der Waals surface area contributed by atoms with E-state index in [1.54, 1.807) is 0 Å². The summed E-state index contributed by atoms with van der Waals surface area (Å²) in [5, 5.41) is 12.9. The molecule has 1 amide bonds. The molecular formula is C20H26N4O2. The van der Waals surface area contributed by atoms with Crippen LogP contribution in [0.15, 0.2) is 29.1 Å². The number of aryl methyl sites for hydroxylation is 1. The summed E-state index contributed by atoms with van der Waals surface area (Å²) < 4.78 is 0. The number of nitrogens with zero attached hydrogens (tertiary/aromatic N) is 1. The van der Waals surface area contributed by atoms with Crippen molar-refractivity contribution in [1.82, 2.24) is 15.5 Å². The maximum absolute atomic E-state index is 12.2. The number of hydrogen-bond acceptors (Lipinski definition) is 4. The van der Waals surface area contributed by atoms with E-state index in [9.17, 15) is 9.59 Å². The molecule has 0 saturated heterocycles. The van der Waals surface area contributed by atoms with Crippen LogP contribution in [-0.2, 0) is 24.1 Å². The number of aromatic nitrogens is 2. The number of hydrogen-bond donors (Lipinski definition) is 3. The Morgan fingerprint density at radius 3 is 2.62 bits per heavy atom. The molecule has 0 aliphatic heterocycles. The van der Waals surface area contributed by atoms with Crippen molar-refractivity contribution in [3.63, 3.8) is 0 Å². The Kier molecular flexibility index (Phi) is 6.04. The molecule has 0 unspecified atom stereocenters. The Labute approximate surface area is 153 Å². The van der Waals surface area contributed by atoms with Gasteiger partial charge < -0.3 is 10.6 Å².